The summed E-state index contributed by atoms with van der Waals surface area (Å²) in [6, 6.07) is 4.47. The van der Waals surface area contributed by atoms with Crippen LogP contribution in [0.15, 0.2) is 17.5 Å². The molecule has 0 saturated heterocycles. The molecule has 1 fully saturated rings. The fourth-order valence-electron chi connectivity index (χ4n) is 2.70. The Morgan fingerprint density at radius 1 is 1.29 bits per heavy atom. The highest BCUT2D eigenvalue weighted by Gasteiger charge is 2.33. The highest BCUT2D eigenvalue weighted by atomic mass is 32.1. The number of rotatable bonds is 3. The molecule has 0 unspecified atom stereocenters. The van der Waals surface area contributed by atoms with E-state index in [1.54, 1.807) is 4.88 Å². The van der Waals surface area contributed by atoms with Crippen molar-refractivity contribution in [3.05, 3.63) is 22.4 Å². The van der Waals surface area contributed by atoms with Gasteiger partial charge in [-0.05, 0) is 37.3 Å². The summed E-state index contributed by atoms with van der Waals surface area (Å²) < 4.78 is 0. The molecule has 0 aromatic carbocycles. The molecule has 0 amide bonds. The molecule has 1 aliphatic carbocycles. The first-order valence-corrected chi connectivity index (χ1v) is 6.49. The maximum absolute atomic E-state index is 5.76. The van der Waals surface area contributed by atoms with Crippen LogP contribution in [-0.2, 0) is 5.41 Å². The number of thiophene rings is 1. The molecule has 0 radical (unpaired) electrons. The van der Waals surface area contributed by atoms with Gasteiger partial charge in [0.25, 0.3) is 0 Å². The van der Waals surface area contributed by atoms with E-state index in [9.17, 15) is 0 Å². The van der Waals surface area contributed by atoms with Crippen LogP contribution in [0.2, 0.25) is 0 Å². The van der Waals surface area contributed by atoms with Gasteiger partial charge in [0.2, 0.25) is 0 Å². The fourth-order valence-corrected chi connectivity index (χ4v) is 3.72. The number of hydrogen-bond acceptors (Lipinski definition) is 2. The summed E-state index contributed by atoms with van der Waals surface area (Å²) in [4.78, 5) is 1.57. The van der Waals surface area contributed by atoms with E-state index in [1.165, 1.54) is 38.5 Å². The van der Waals surface area contributed by atoms with Crippen molar-refractivity contribution in [2.24, 2.45) is 5.73 Å². The Morgan fingerprint density at radius 3 is 2.64 bits per heavy atom. The van der Waals surface area contributed by atoms with Gasteiger partial charge >= 0.3 is 0 Å². The lowest BCUT2D eigenvalue weighted by molar-refractivity contribution is 0.283. The average molecular weight is 209 g/mol. The SMILES string of the molecule is NCCC1(c2cccs2)CCCCC1. The molecule has 2 rings (SSSR count). The Balaban J connectivity index is 2.20. The van der Waals surface area contributed by atoms with Crippen LogP contribution < -0.4 is 5.73 Å². The summed E-state index contributed by atoms with van der Waals surface area (Å²) >= 11 is 1.91. The average Bonchev–Trinajstić information content (AvgIpc) is 2.73. The first-order chi connectivity index (χ1) is 6.87. The normalized spacial score (nSPS) is 20.9. The molecule has 2 heteroatoms. The van der Waals surface area contributed by atoms with E-state index in [4.69, 9.17) is 5.73 Å². The molecule has 0 bridgehead atoms. The molecule has 0 atom stereocenters. The van der Waals surface area contributed by atoms with Gasteiger partial charge in [0.15, 0.2) is 0 Å². The minimum Gasteiger partial charge on any atom is -0.330 e. The van der Waals surface area contributed by atoms with Crippen LogP contribution in [0.4, 0.5) is 0 Å². The molecular formula is C12H19NS. The lowest BCUT2D eigenvalue weighted by Gasteiger charge is -2.36. The standard InChI is InChI=1S/C12H19NS/c13-9-8-12(6-2-1-3-7-12)11-5-4-10-14-11/h4-5,10H,1-3,6-9,13H2. The molecule has 1 saturated carbocycles. The molecule has 14 heavy (non-hydrogen) atoms. The Hall–Kier alpha value is -0.340. The van der Waals surface area contributed by atoms with Gasteiger partial charge in [0.1, 0.15) is 0 Å². The topological polar surface area (TPSA) is 26.0 Å². The first kappa shape index (κ1) is 10.2. The Bertz CT molecular complexity index is 254. The van der Waals surface area contributed by atoms with Gasteiger partial charge in [-0.25, -0.2) is 0 Å². The highest BCUT2D eigenvalue weighted by molar-refractivity contribution is 7.10. The second-order valence-electron chi connectivity index (χ2n) is 4.36. The number of nitrogens with two attached hydrogens (primary N) is 1. The zero-order valence-electron chi connectivity index (χ0n) is 8.67. The lowest BCUT2D eigenvalue weighted by Crippen LogP contribution is -2.30. The summed E-state index contributed by atoms with van der Waals surface area (Å²) in [7, 11) is 0. The van der Waals surface area contributed by atoms with Crippen molar-refractivity contribution in [1.82, 2.24) is 0 Å². The van der Waals surface area contributed by atoms with Crippen molar-refractivity contribution < 1.29 is 0 Å². The zero-order valence-corrected chi connectivity index (χ0v) is 9.48. The van der Waals surface area contributed by atoms with E-state index in [0.29, 0.717) is 5.41 Å². The minimum atomic E-state index is 0.446. The van der Waals surface area contributed by atoms with E-state index in [1.807, 2.05) is 11.3 Å². The van der Waals surface area contributed by atoms with Gasteiger partial charge in [-0.1, -0.05) is 25.3 Å². The van der Waals surface area contributed by atoms with E-state index >= 15 is 0 Å². The Morgan fingerprint density at radius 2 is 2.07 bits per heavy atom. The van der Waals surface area contributed by atoms with E-state index in [2.05, 4.69) is 17.5 Å². The molecule has 0 spiro atoms. The Labute approximate surface area is 90.3 Å². The predicted molar refractivity (Wildman–Crippen MR) is 62.8 cm³/mol. The molecule has 1 aliphatic rings. The van der Waals surface area contributed by atoms with Crippen molar-refractivity contribution in [2.45, 2.75) is 43.9 Å². The zero-order chi connectivity index (χ0) is 9.86. The van der Waals surface area contributed by atoms with Crippen molar-refractivity contribution in [1.29, 1.82) is 0 Å². The van der Waals surface area contributed by atoms with Crippen LogP contribution in [-0.4, -0.2) is 6.54 Å². The summed E-state index contributed by atoms with van der Waals surface area (Å²) in [5.74, 6) is 0. The van der Waals surface area contributed by atoms with Gasteiger partial charge in [-0.3, -0.25) is 0 Å². The third-order valence-corrected chi connectivity index (χ3v) is 4.59. The van der Waals surface area contributed by atoms with Crippen LogP contribution >= 0.6 is 11.3 Å². The second kappa shape index (κ2) is 4.45. The number of hydrogen-bond donors (Lipinski definition) is 1. The van der Waals surface area contributed by atoms with Gasteiger partial charge < -0.3 is 5.73 Å². The van der Waals surface area contributed by atoms with Gasteiger partial charge in [-0.2, -0.15) is 0 Å². The first-order valence-electron chi connectivity index (χ1n) is 5.61. The fraction of sp³-hybridized carbons (Fsp3) is 0.667. The van der Waals surface area contributed by atoms with Crippen LogP contribution in [0.25, 0.3) is 0 Å². The summed E-state index contributed by atoms with van der Waals surface area (Å²) in [6.07, 6.45) is 8.07. The smallest absolute Gasteiger partial charge is 0.0107 e. The third kappa shape index (κ3) is 1.86. The molecule has 1 nitrogen and oxygen atoms in total. The summed E-state index contributed by atoms with van der Waals surface area (Å²) in [5, 5.41) is 2.20. The van der Waals surface area contributed by atoms with Crippen molar-refractivity contribution in [3.8, 4) is 0 Å². The molecule has 1 aromatic heterocycles. The quantitative estimate of drug-likeness (QED) is 0.812. The Kier molecular flexibility index (Phi) is 3.24. The second-order valence-corrected chi connectivity index (χ2v) is 5.30. The van der Waals surface area contributed by atoms with Crippen molar-refractivity contribution in [3.63, 3.8) is 0 Å². The van der Waals surface area contributed by atoms with E-state index < -0.39 is 0 Å². The van der Waals surface area contributed by atoms with E-state index in [-0.39, 0.29) is 0 Å². The summed E-state index contributed by atoms with van der Waals surface area (Å²) in [6.45, 7) is 0.831. The lowest BCUT2D eigenvalue weighted by atomic mass is 9.71. The van der Waals surface area contributed by atoms with Crippen LogP contribution in [0.1, 0.15) is 43.4 Å². The highest BCUT2D eigenvalue weighted by Crippen LogP contribution is 2.43. The monoisotopic (exact) mass is 209 g/mol. The van der Waals surface area contributed by atoms with E-state index in [0.717, 1.165) is 6.54 Å². The maximum atomic E-state index is 5.76. The maximum Gasteiger partial charge on any atom is 0.0107 e. The third-order valence-electron chi connectivity index (χ3n) is 3.48. The molecule has 0 aliphatic heterocycles. The van der Waals surface area contributed by atoms with Crippen LogP contribution in [0.3, 0.4) is 0 Å². The van der Waals surface area contributed by atoms with Crippen molar-refractivity contribution >= 4 is 11.3 Å². The van der Waals surface area contributed by atoms with Gasteiger partial charge in [0, 0.05) is 10.3 Å². The molecular weight excluding hydrogens is 190 g/mol. The van der Waals surface area contributed by atoms with Gasteiger partial charge in [-0.15, -0.1) is 11.3 Å². The summed E-state index contributed by atoms with van der Waals surface area (Å²) in [5.41, 5.74) is 6.20. The van der Waals surface area contributed by atoms with Crippen molar-refractivity contribution in [2.75, 3.05) is 6.54 Å². The molecule has 1 heterocycles. The molecule has 1 aromatic rings. The van der Waals surface area contributed by atoms with Gasteiger partial charge in [0.05, 0.1) is 0 Å². The largest absolute Gasteiger partial charge is 0.330 e. The van der Waals surface area contributed by atoms with Crippen LogP contribution in [0, 0.1) is 0 Å². The molecule has 2 N–H and O–H groups in total. The van der Waals surface area contributed by atoms with Crippen LogP contribution in [0.5, 0.6) is 0 Å². The predicted octanol–water partition coefficient (Wildman–Crippen LogP) is 3.30. The molecule has 78 valence electrons. The minimum absolute atomic E-state index is 0.446.